The molecule has 5 rings (SSSR count). The lowest BCUT2D eigenvalue weighted by Crippen LogP contribution is -1.84. The number of fused-ring (bicyclic) bond motifs is 4. The number of halogens is 1. The molecule has 4 heteroatoms. The average Bonchev–Trinajstić information content (AvgIpc) is 2.98. The molecule has 1 heterocycles. The van der Waals surface area contributed by atoms with Gasteiger partial charge in [0.15, 0.2) is 0 Å². The predicted molar refractivity (Wildman–Crippen MR) is 113 cm³/mol. The molecule has 0 saturated carbocycles. The summed E-state index contributed by atoms with van der Waals surface area (Å²) in [6, 6.07) is 23.1. The molecule has 3 aromatic carbocycles. The second-order valence-electron chi connectivity index (χ2n) is 6.13. The summed E-state index contributed by atoms with van der Waals surface area (Å²) >= 11 is 5.43. The Morgan fingerprint density at radius 3 is 2.50 bits per heavy atom. The first-order valence-corrected chi connectivity index (χ1v) is 9.91. The van der Waals surface area contributed by atoms with E-state index in [1.54, 1.807) is 18.4 Å². The van der Waals surface area contributed by atoms with Gasteiger partial charge in [-0.15, -0.1) is 11.3 Å². The molecule has 26 heavy (non-hydrogen) atoms. The number of benzene rings is 3. The van der Waals surface area contributed by atoms with Crippen molar-refractivity contribution in [1.29, 1.82) is 0 Å². The molecule has 0 N–H and O–H groups in total. The number of methoxy groups -OCH3 is 1. The van der Waals surface area contributed by atoms with Crippen molar-refractivity contribution in [3.8, 4) is 27.4 Å². The van der Waals surface area contributed by atoms with Gasteiger partial charge in [-0.05, 0) is 51.1 Å². The van der Waals surface area contributed by atoms with Crippen LogP contribution in [0.3, 0.4) is 0 Å². The van der Waals surface area contributed by atoms with Crippen LogP contribution in [0.15, 0.2) is 71.2 Å². The molecule has 0 radical (unpaired) electrons. The largest absolute Gasteiger partial charge is 0.496 e. The summed E-state index contributed by atoms with van der Waals surface area (Å²) in [7, 11) is 1.70. The van der Waals surface area contributed by atoms with Crippen LogP contribution in [0, 0.1) is 0 Å². The van der Waals surface area contributed by atoms with Crippen LogP contribution in [0.25, 0.3) is 42.7 Å². The van der Waals surface area contributed by atoms with E-state index in [-0.39, 0.29) is 0 Å². The summed E-state index contributed by atoms with van der Waals surface area (Å²) in [5, 5.41) is 2.32. The van der Waals surface area contributed by atoms with Gasteiger partial charge in [0.1, 0.15) is 5.75 Å². The van der Waals surface area contributed by atoms with Gasteiger partial charge in [0, 0.05) is 10.9 Å². The topological polar surface area (TPSA) is 22.1 Å². The molecule has 0 atom stereocenters. The van der Waals surface area contributed by atoms with E-state index in [0.717, 1.165) is 26.8 Å². The zero-order valence-corrected chi connectivity index (χ0v) is 16.4. The van der Waals surface area contributed by atoms with Gasteiger partial charge in [-0.3, -0.25) is 0 Å². The van der Waals surface area contributed by atoms with Gasteiger partial charge >= 0.3 is 0 Å². The van der Waals surface area contributed by atoms with Crippen molar-refractivity contribution in [3.05, 3.63) is 71.2 Å². The standard InChI is InChI=1S/C22H14BrNOS/c1-25-18-12-14-15(11-16(18)23)21-22(20(14)13-7-3-2-4-8-13)26-19-10-6-5-9-17(19)24-21/h2-12H,1H3. The molecule has 126 valence electrons. The van der Waals surface area contributed by atoms with E-state index in [9.17, 15) is 0 Å². The highest BCUT2D eigenvalue weighted by Gasteiger charge is 2.23. The Morgan fingerprint density at radius 1 is 0.923 bits per heavy atom. The van der Waals surface area contributed by atoms with Crippen molar-refractivity contribution < 1.29 is 4.74 Å². The van der Waals surface area contributed by atoms with E-state index in [1.165, 1.54) is 26.1 Å². The minimum atomic E-state index is 0.833. The van der Waals surface area contributed by atoms with Crippen LogP contribution in [0.4, 0.5) is 0 Å². The highest BCUT2D eigenvalue weighted by molar-refractivity contribution is 9.10. The summed E-state index contributed by atoms with van der Waals surface area (Å²) in [4.78, 5) is 6.21. The van der Waals surface area contributed by atoms with Gasteiger partial charge in [-0.1, -0.05) is 42.5 Å². The van der Waals surface area contributed by atoms with Crippen molar-refractivity contribution >= 4 is 48.3 Å². The van der Waals surface area contributed by atoms with Crippen LogP contribution in [-0.4, -0.2) is 12.1 Å². The Kier molecular flexibility index (Phi) is 3.69. The van der Waals surface area contributed by atoms with Crippen LogP contribution >= 0.6 is 27.3 Å². The van der Waals surface area contributed by atoms with E-state index in [0.29, 0.717) is 0 Å². The Bertz CT molecular complexity index is 1230. The quantitative estimate of drug-likeness (QED) is 0.307. The maximum atomic E-state index is 5.55. The van der Waals surface area contributed by atoms with Crippen molar-refractivity contribution in [2.75, 3.05) is 7.11 Å². The van der Waals surface area contributed by atoms with E-state index < -0.39 is 0 Å². The van der Waals surface area contributed by atoms with Gasteiger partial charge in [-0.2, -0.15) is 0 Å². The zero-order valence-electron chi connectivity index (χ0n) is 14.0. The molecule has 3 aromatic rings. The molecule has 0 spiro atoms. The minimum absolute atomic E-state index is 0.833. The van der Waals surface area contributed by atoms with Crippen LogP contribution < -0.4 is 4.74 Å². The molecule has 1 aliphatic carbocycles. The minimum Gasteiger partial charge on any atom is -0.496 e. The number of para-hydroxylation sites is 1. The second kappa shape index (κ2) is 6.08. The summed E-state index contributed by atoms with van der Waals surface area (Å²) in [6.45, 7) is 0. The maximum absolute atomic E-state index is 5.55. The Morgan fingerprint density at radius 2 is 1.69 bits per heavy atom. The lowest BCUT2D eigenvalue weighted by Gasteiger charge is -2.06. The number of hydrogen-bond acceptors (Lipinski definition) is 3. The van der Waals surface area contributed by atoms with Crippen LogP contribution in [0.5, 0.6) is 5.75 Å². The third-order valence-electron chi connectivity index (χ3n) is 4.63. The summed E-state index contributed by atoms with van der Waals surface area (Å²) < 4.78 is 7.69. The Hall–Kier alpha value is -2.43. The van der Waals surface area contributed by atoms with Gasteiger partial charge < -0.3 is 4.74 Å². The number of rotatable bonds is 2. The van der Waals surface area contributed by atoms with Crippen LogP contribution in [0.2, 0.25) is 0 Å². The fourth-order valence-corrected chi connectivity index (χ4v) is 5.12. The Labute approximate surface area is 163 Å². The zero-order chi connectivity index (χ0) is 17.7. The molecule has 0 bridgehead atoms. The van der Waals surface area contributed by atoms with Gasteiger partial charge in [0.2, 0.25) is 0 Å². The van der Waals surface area contributed by atoms with E-state index >= 15 is 0 Å². The van der Waals surface area contributed by atoms with Crippen molar-refractivity contribution in [2.45, 2.75) is 0 Å². The molecular formula is C22H14BrNOS. The number of ether oxygens (including phenoxy) is 1. The van der Waals surface area contributed by atoms with E-state index in [1.807, 2.05) is 12.1 Å². The molecular weight excluding hydrogens is 406 g/mol. The lowest BCUT2D eigenvalue weighted by molar-refractivity contribution is 0.413. The first kappa shape index (κ1) is 15.8. The normalized spacial score (nSPS) is 11.5. The molecule has 2 nitrogen and oxygen atoms in total. The highest BCUT2D eigenvalue weighted by Crippen LogP contribution is 2.49. The van der Waals surface area contributed by atoms with Crippen molar-refractivity contribution in [2.24, 2.45) is 0 Å². The SMILES string of the molecule is COc1cc2c(-c3ccccc3)c3sc4ccccc4nc-3c2cc1Br. The highest BCUT2D eigenvalue weighted by atomic mass is 79.9. The third-order valence-corrected chi connectivity index (χ3v) is 6.42. The predicted octanol–water partition coefficient (Wildman–Crippen LogP) is 6.99. The number of nitrogens with zero attached hydrogens (tertiary/aromatic N) is 1. The van der Waals surface area contributed by atoms with Crippen molar-refractivity contribution in [1.82, 2.24) is 4.98 Å². The first-order valence-electron chi connectivity index (χ1n) is 8.30. The summed E-state index contributed by atoms with van der Waals surface area (Å²) in [5.41, 5.74) is 4.50. The molecule has 0 unspecified atom stereocenters. The lowest BCUT2D eigenvalue weighted by atomic mass is 10.0. The first-order chi connectivity index (χ1) is 12.8. The Balaban J connectivity index is 1.99. The average molecular weight is 420 g/mol. The van der Waals surface area contributed by atoms with Crippen LogP contribution in [-0.2, 0) is 0 Å². The fourth-order valence-electron chi connectivity index (χ4n) is 3.44. The van der Waals surface area contributed by atoms with Gasteiger partial charge in [0.05, 0.1) is 32.4 Å². The summed E-state index contributed by atoms with van der Waals surface area (Å²) in [6.07, 6.45) is 0. The van der Waals surface area contributed by atoms with E-state index in [4.69, 9.17) is 9.72 Å². The number of aromatic nitrogens is 1. The summed E-state index contributed by atoms with van der Waals surface area (Å²) in [5.74, 6) is 0.833. The smallest absolute Gasteiger partial charge is 0.133 e. The second-order valence-corrected chi connectivity index (χ2v) is 8.04. The molecule has 0 aromatic heterocycles. The molecule has 1 aliphatic heterocycles. The van der Waals surface area contributed by atoms with Crippen molar-refractivity contribution in [3.63, 3.8) is 0 Å². The van der Waals surface area contributed by atoms with Crippen LogP contribution in [0.1, 0.15) is 0 Å². The fraction of sp³-hybridized carbons (Fsp3) is 0.0455. The maximum Gasteiger partial charge on any atom is 0.133 e. The number of hydrogen-bond donors (Lipinski definition) is 0. The molecule has 2 aliphatic rings. The molecule has 0 saturated heterocycles. The van der Waals surface area contributed by atoms with E-state index in [2.05, 4.69) is 70.5 Å². The molecule has 0 fully saturated rings. The third kappa shape index (κ3) is 2.33. The van der Waals surface area contributed by atoms with Gasteiger partial charge in [0.25, 0.3) is 0 Å². The van der Waals surface area contributed by atoms with Gasteiger partial charge in [-0.25, -0.2) is 4.98 Å². The molecule has 0 amide bonds. The monoisotopic (exact) mass is 419 g/mol.